The van der Waals surface area contributed by atoms with E-state index in [1.807, 2.05) is 72.8 Å². The monoisotopic (exact) mass is 632 g/mol. The summed E-state index contributed by atoms with van der Waals surface area (Å²) in [5.74, 6) is 3.18. The fourth-order valence-corrected chi connectivity index (χ4v) is 6.42. The van der Waals surface area contributed by atoms with Gasteiger partial charge in [0.1, 0.15) is 11.5 Å². The molecular weight excluding hydrogens is 620 g/mol. The van der Waals surface area contributed by atoms with Crippen LogP contribution in [0.2, 0.25) is 0 Å². The molecule has 0 bridgehead atoms. The predicted molar refractivity (Wildman–Crippen MR) is 154 cm³/mol. The molecular formula is C28H14Br2N2O2S2. The maximum absolute atomic E-state index is 6.13. The van der Waals surface area contributed by atoms with Crippen LogP contribution >= 0.6 is 54.5 Å². The Labute approximate surface area is 230 Å². The summed E-state index contributed by atoms with van der Waals surface area (Å²) in [4.78, 5) is 9.71. The molecule has 0 saturated heterocycles. The molecule has 0 atom stereocenters. The lowest BCUT2D eigenvalue weighted by Gasteiger charge is -1.96. The molecule has 4 aromatic heterocycles. The first-order chi connectivity index (χ1) is 17.6. The number of hydrogen-bond donors (Lipinski definition) is 0. The standard InChI is InChI=1S/C28H14Br2N2O2S2/c29-17-5-1-15(2-6-17)21-9-11-23(33-21)27-31-19-13-26-20(14-25(19)35-27)32-28(36-26)24-12-10-22(34-24)16-3-7-18(30)8-4-16/h1-14H. The van der Waals surface area contributed by atoms with Gasteiger partial charge in [-0.1, -0.05) is 56.1 Å². The molecule has 0 spiro atoms. The number of aromatic nitrogens is 2. The van der Waals surface area contributed by atoms with E-state index in [9.17, 15) is 0 Å². The second-order valence-corrected chi connectivity index (χ2v) is 12.1. The second kappa shape index (κ2) is 8.81. The largest absolute Gasteiger partial charge is 0.454 e. The van der Waals surface area contributed by atoms with Crippen molar-refractivity contribution in [3.8, 4) is 44.2 Å². The highest BCUT2D eigenvalue weighted by molar-refractivity contribution is 9.10. The summed E-state index contributed by atoms with van der Waals surface area (Å²) in [5, 5.41) is 1.72. The Bertz CT molecular complexity index is 1680. The fraction of sp³-hybridized carbons (Fsp3) is 0. The number of thiazole rings is 2. The molecule has 0 aliphatic heterocycles. The summed E-state index contributed by atoms with van der Waals surface area (Å²) in [6.07, 6.45) is 0. The number of halogens is 2. The van der Waals surface area contributed by atoms with Crippen LogP contribution in [0.15, 0.2) is 103 Å². The first kappa shape index (κ1) is 22.2. The number of benzene rings is 3. The van der Waals surface area contributed by atoms with Gasteiger partial charge in [-0.25, -0.2) is 9.97 Å². The fourth-order valence-electron chi connectivity index (χ4n) is 4.00. The quantitative estimate of drug-likeness (QED) is 0.193. The molecule has 0 aliphatic rings. The minimum Gasteiger partial charge on any atom is -0.454 e. The lowest BCUT2D eigenvalue weighted by atomic mass is 10.2. The molecule has 0 N–H and O–H groups in total. The Balaban J connectivity index is 1.20. The Morgan fingerprint density at radius 2 is 0.889 bits per heavy atom. The normalized spacial score (nSPS) is 11.6. The molecule has 0 amide bonds. The van der Waals surface area contributed by atoms with Crippen molar-refractivity contribution in [3.05, 3.63) is 93.9 Å². The van der Waals surface area contributed by atoms with Crippen molar-refractivity contribution >= 4 is 75.0 Å². The molecule has 0 fully saturated rings. The van der Waals surface area contributed by atoms with Crippen molar-refractivity contribution < 1.29 is 8.83 Å². The topological polar surface area (TPSA) is 52.1 Å². The van der Waals surface area contributed by atoms with Crippen LogP contribution in [0.4, 0.5) is 0 Å². The van der Waals surface area contributed by atoms with Crippen molar-refractivity contribution in [1.82, 2.24) is 9.97 Å². The zero-order chi connectivity index (χ0) is 24.2. The van der Waals surface area contributed by atoms with Crippen molar-refractivity contribution in [2.24, 2.45) is 0 Å². The number of hydrogen-bond acceptors (Lipinski definition) is 6. The lowest BCUT2D eigenvalue weighted by molar-refractivity contribution is 0.596. The Hall–Kier alpha value is -3.04. The van der Waals surface area contributed by atoms with Gasteiger partial charge >= 0.3 is 0 Å². The minimum atomic E-state index is 0.766. The van der Waals surface area contributed by atoms with E-state index in [-0.39, 0.29) is 0 Å². The van der Waals surface area contributed by atoms with Gasteiger partial charge in [-0.05, 0) is 60.7 Å². The molecule has 4 nitrogen and oxygen atoms in total. The van der Waals surface area contributed by atoms with Crippen LogP contribution in [0.1, 0.15) is 0 Å². The van der Waals surface area contributed by atoms with Crippen molar-refractivity contribution in [1.29, 1.82) is 0 Å². The minimum absolute atomic E-state index is 0.766. The number of rotatable bonds is 4. The van der Waals surface area contributed by atoms with E-state index >= 15 is 0 Å². The van der Waals surface area contributed by atoms with Gasteiger partial charge in [-0.3, -0.25) is 0 Å². The van der Waals surface area contributed by atoms with Crippen LogP contribution in [0.5, 0.6) is 0 Å². The number of nitrogens with zero attached hydrogens (tertiary/aromatic N) is 2. The van der Waals surface area contributed by atoms with Crippen molar-refractivity contribution in [2.75, 3.05) is 0 Å². The smallest absolute Gasteiger partial charge is 0.163 e. The van der Waals surface area contributed by atoms with Gasteiger partial charge in [-0.2, -0.15) is 0 Å². The van der Waals surface area contributed by atoms with E-state index in [2.05, 4.69) is 44.0 Å². The molecule has 7 rings (SSSR count). The lowest BCUT2D eigenvalue weighted by Crippen LogP contribution is -1.73. The van der Waals surface area contributed by atoms with Gasteiger partial charge in [-0.15, -0.1) is 22.7 Å². The molecule has 0 saturated carbocycles. The van der Waals surface area contributed by atoms with Gasteiger partial charge in [0.2, 0.25) is 0 Å². The highest BCUT2D eigenvalue weighted by atomic mass is 79.9. The first-order valence-corrected chi connectivity index (χ1v) is 14.2. The molecule has 4 heterocycles. The molecule has 0 aliphatic carbocycles. The summed E-state index contributed by atoms with van der Waals surface area (Å²) in [7, 11) is 0. The molecule has 7 aromatic rings. The van der Waals surface area contributed by atoms with Crippen molar-refractivity contribution in [3.63, 3.8) is 0 Å². The Morgan fingerprint density at radius 1 is 0.500 bits per heavy atom. The van der Waals surface area contributed by atoms with E-state index in [0.717, 1.165) is 73.6 Å². The van der Waals surface area contributed by atoms with E-state index in [4.69, 9.17) is 18.8 Å². The summed E-state index contributed by atoms with van der Waals surface area (Å²) in [5.41, 5.74) is 3.94. The molecule has 174 valence electrons. The maximum Gasteiger partial charge on any atom is 0.163 e. The summed E-state index contributed by atoms with van der Waals surface area (Å²) < 4.78 is 16.5. The number of fused-ring (bicyclic) bond motifs is 2. The van der Waals surface area contributed by atoms with Gasteiger partial charge < -0.3 is 8.83 Å². The van der Waals surface area contributed by atoms with Gasteiger partial charge in [0, 0.05) is 20.1 Å². The summed E-state index contributed by atoms with van der Waals surface area (Å²) in [6, 6.07) is 28.3. The van der Waals surface area contributed by atoms with E-state index in [1.54, 1.807) is 22.7 Å². The third-order valence-electron chi connectivity index (χ3n) is 5.79. The van der Waals surface area contributed by atoms with Crippen LogP contribution in [0, 0.1) is 0 Å². The van der Waals surface area contributed by atoms with Crippen molar-refractivity contribution in [2.45, 2.75) is 0 Å². The SMILES string of the molecule is Brc1ccc(-c2ccc(-c3nc4cc5sc(-c6ccc(-c7ccc(Br)cc7)o6)nc5cc4s3)o2)cc1. The average Bonchev–Trinajstić information content (AvgIpc) is 3.68. The van der Waals surface area contributed by atoms with Crippen LogP contribution in [-0.4, -0.2) is 9.97 Å². The molecule has 36 heavy (non-hydrogen) atoms. The zero-order valence-corrected chi connectivity index (χ0v) is 23.2. The van der Waals surface area contributed by atoms with Crippen LogP contribution in [-0.2, 0) is 0 Å². The van der Waals surface area contributed by atoms with Crippen LogP contribution in [0.25, 0.3) is 64.6 Å². The predicted octanol–water partition coefficient (Wildman–Crippen LogP) is 10.3. The Kier molecular flexibility index (Phi) is 5.43. The summed E-state index contributed by atoms with van der Waals surface area (Å²) >= 11 is 10.2. The molecule has 0 unspecified atom stereocenters. The molecule has 3 aromatic carbocycles. The van der Waals surface area contributed by atoms with Crippen LogP contribution < -0.4 is 0 Å². The molecule has 0 radical (unpaired) electrons. The van der Waals surface area contributed by atoms with E-state index < -0.39 is 0 Å². The van der Waals surface area contributed by atoms with E-state index in [0.29, 0.717) is 0 Å². The van der Waals surface area contributed by atoms with Crippen LogP contribution in [0.3, 0.4) is 0 Å². The van der Waals surface area contributed by atoms with E-state index in [1.165, 1.54) is 0 Å². The first-order valence-electron chi connectivity index (χ1n) is 11.0. The summed E-state index contributed by atoms with van der Waals surface area (Å²) in [6.45, 7) is 0. The number of furan rings is 2. The second-order valence-electron chi connectivity index (χ2n) is 8.17. The molecule has 8 heteroatoms. The zero-order valence-electron chi connectivity index (χ0n) is 18.4. The Morgan fingerprint density at radius 3 is 1.31 bits per heavy atom. The average molecular weight is 634 g/mol. The third-order valence-corrected chi connectivity index (χ3v) is 8.91. The highest BCUT2D eigenvalue weighted by Crippen LogP contribution is 2.39. The highest BCUT2D eigenvalue weighted by Gasteiger charge is 2.16. The van der Waals surface area contributed by atoms with Gasteiger partial charge in [0.25, 0.3) is 0 Å². The maximum atomic E-state index is 6.13. The van der Waals surface area contributed by atoms with Gasteiger partial charge in [0.15, 0.2) is 21.5 Å². The third kappa shape index (κ3) is 4.04. The van der Waals surface area contributed by atoms with Gasteiger partial charge in [0.05, 0.1) is 20.4 Å².